The summed E-state index contributed by atoms with van der Waals surface area (Å²) in [5.74, 6) is -0.737. The monoisotopic (exact) mass is 301 g/mol. The molecule has 0 aromatic carbocycles. The fourth-order valence-corrected chi connectivity index (χ4v) is 2.10. The van der Waals surface area contributed by atoms with Gasteiger partial charge in [-0.05, 0) is 34.6 Å². The molecule has 0 aliphatic carbocycles. The second-order valence-corrected chi connectivity index (χ2v) is 6.07. The molecular weight excluding hydrogens is 283 g/mol. The van der Waals surface area contributed by atoms with Crippen molar-refractivity contribution in [1.82, 2.24) is 4.98 Å². The van der Waals surface area contributed by atoms with Gasteiger partial charge >= 0.3 is 7.12 Å². The van der Waals surface area contributed by atoms with Crippen LogP contribution in [0.4, 0.5) is 4.39 Å². The molecule has 0 spiro atoms. The van der Waals surface area contributed by atoms with E-state index in [1.54, 1.807) is 6.92 Å². The Morgan fingerprint density at radius 1 is 1.30 bits per heavy atom. The lowest BCUT2D eigenvalue weighted by molar-refractivity contribution is 0.00578. The second kappa shape index (κ2) is 5.17. The summed E-state index contributed by atoms with van der Waals surface area (Å²) >= 11 is 6.05. The van der Waals surface area contributed by atoms with Gasteiger partial charge in [-0.15, -0.1) is 0 Å². The molecule has 4 nitrogen and oxygen atoms in total. The van der Waals surface area contributed by atoms with Crippen LogP contribution in [-0.2, 0) is 9.31 Å². The number of halogens is 2. The highest BCUT2D eigenvalue weighted by Crippen LogP contribution is 2.37. The van der Waals surface area contributed by atoms with Crippen LogP contribution in [-0.4, -0.2) is 29.9 Å². The quantitative estimate of drug-likeness (QED) is 0.805. The molecule has 20 heavy (non-hydrogen) atoms. The summed E-state index contributed by atoms with van der Waals surface area (Å²) in [7, 11) is -0.880. The minimum atomic E-state index is -0.880. The second-order valence-electron chi connectivity index (χ2n) is 5.66. The molecule has 0 atom stereocenters. The van der Waals surface area contributed by atoms with Gasteiger partial charge in [0.2, 0.25) is 5.88 Å². The Hall–Kier alpha value is -0.845. The number of aromatic nitrogens is 1. The van der Waals surface area contributed by atoms with Crippen molar-refractivity contribution in [2.24, 2.45) is 0 Å². The predicted molar refractivity (Wildman–Crippen MR) is 76.1 cm³/mol. The van der Waals surface area contributed by atoms with Crippen LogP contribution in [0.3, 0.4) is 0 Å². The Balaban J connectivity index is 2.42. The van der Waals surface area contributed by atoms with E-state index >= 15 is 0 Å². The van der Waals surface area contributed by atoms with Gasteiger partial charge in [0.15, 0.2) is 5.82 Å². The van der Waals surface area contributed by atoms with E-state index in [4.69, 9.17) is 25.6 Å². The molecule has 110 valence electrons. The number of hydrogen-bond acceptors (Lipinski definition) is 4. The third-order valence-corrected chi connectivity index (χ3v) is 4.05. The summed E-state index contributed by atoms with van der Waals surface area (Å²) in [6, 6.07) is 0. The van der Waals surface area contributed by atoms with Crippen molar-refractivity contribution >= 4 is 24.2 Å². The lowest BCUT2D eigenvalue weighted by Crippen LogP contribution is -2.41. The van der Waals surface area contributed by atoms with Crippen LogP contribution in [0, 0.1) is 5.82 Å². The summed E-state index contributed by atoms with van der Waals surface area (Å²) in [5, 5.41) is 0.157. The van der Waals surface area contributed by atoms with Crippen molar-refractivity contribution < 1.29 is 18.4 Å². The number of rotatable bonds is 3. The topological polar surface area (TPSA) is 40.6 Å². The van der Waals surface area contributed by atoms with Crippen LogP contribution >= 0.6 is 11.6 Å². The Morgan fingerprint density at radius 2 is 1.85 bits per heavy atom. The predicted octanol–water partition coefficient (Wildman–Crippen LogP) is 2.57. The Kier molecular flexibility index (Phi) is 4.02. The molecule has 1 aromatic rings. The Labute approximate surface area is 123 Å². The number of nitrogens with zero attached hydrogens (tertiary/aromatic N) is 1. The van der Waals surface area contributed by atoms with E-state index in [0.29, 0.717) is 6.61 Å². The summed E-state index contributed by atoms with van der Waals surface area (Å²) in [6.07, 6.45) is 1.34. The Morgan fingerprint density at radius 3 is 2.35 bits per heavy atom. The van der Waals surface area contributed by atoms with Gasteiger partial charge in [-0.3, -0.25) is 0 Å². The highest BCUT2D eigenvalue weighted by atomic mass is 35.5. The lowest BCUT2D eigenvalue weighted by Gasteiger charge is -2.32. The standard InChI is InChI=1S/C13H18BClFNO3/c1-6-18-11-10(16)9(8(15)7-17-11)14-19-12(2,3)13(4,5)20-14/h7H,6H2,1-5H3. The zero-order valence-electron chi connectivity index (χ0n) is 12.3. The largest absolute Gasteiger partial charge is 0.499 e. The van der Waals surface area contributed by atoms with E-state index in [1.807, 2.05) is 27.7 Å². The summed E-state index contributed by atoms with van der Waals surface area (Å²) < 4.78 is 31.2. The summed E-state index contributed by atoms with van der Waals surface area (Å²) in [6.45, 7) is 9.64. The lowest BCUT2D eigenvalue weighted by atomic mass is 9.79. The fourth-order valence-electron chi connectivity index (χ4n) is 1.88. The van der Waals surface area contributed by atoms with Crippen molar-refractivity contribution in [2.45, 2.75) is 45.8 Å². The molecule has 7 heteroatoms. The minimum Gasteiger partial charge on any atom is -0.476 e. The van der Waals surface area contributed by atoms with Gasteiger partial charge in [-0.1, -0.05) is 11.6 Å². The highest BCUT2D eigenvalue weighted by molar-refractivity contribution is 6.65. The van der Waals surface area contributed by atoms with Gasteiger partial charge in [-0.25, -0.2) is 9.37 Å². The molecule has 1 saturated heterocycles. The molecule has 2 rings (SSSR count). The maximum atomic E-state index is 14.4. The van der Waals surface area contributed by atoms with Crippen LogP contribution in [0.25, 0.3) is 0 Å². The maximum absolute atomic E-state index is 14.4. The van der Waals surface area contributed by atoms with Gasteiger partial charge in [0.1, 0.15) is 0 Å². The van der Waals surface area contributed by atoms with Crippen LogP contribution in [0.2, 0.25) is 5.02 Å². The maximum Gasteiger partial charge on any atom is 0.499 e. The molecule has 0 N–H and O–H groups in total. The summed E-state index contributed by atoms with van der Waals surface area (Å²) in [4.78, 5) is 3.83. The first-order valence-electron chi connectivity index (χ1n) is 6.52. The van der Waals surface area contributed by atoms with Crippen LogP contribution in [0.5, 0.6) is 5.88 Å². The van der Waals surface area contributed by atoms with Crippen molar-refractivity contribution in [3.63, 3.8) is 0 Å². The van der Waals surface area contributed by atoms with Crippen molar-refractivity contribution in [1.29, 1.82) is 0 Å². The van der Waals surface area contributed by atoms with Gasteiger partial charge in [0, 0.05) is 11.7 Å². The van der Waals surface area contributed by atoms with Crippen LogP contribution in [0.15, 0.2) is 6.20 Å². The van der Waals surface area contributed by atoms with E-state index in [9.17, 15) is 4.39 Å². The van der Waals surface area contributed by atoms with Crippen LogP contribution < -0.4 is 10.2 Å². The summed E-state index contributed by atoms with van der Waals surface area (Å²) in [5.41, 5.74) is -1.01. The first kappa shape index (κ1) is 15.5. The number of hydrogen-bond donors (Lipinski definition) is 0. The van der Waals surface area contributed by atoms with Gasteiger partial charge < -0.3 is 14.0 Å². The molecule has 2 heterocycles. The molecule has 0 unspecified atom stereocenters. The average Bonchev–Trinajstić information content (AvgIpc) is 2.52. The third kappa shape index (κ3) is 2.52. The molecule has 1 aliphatic heterocycles. The molecule has 0 amide bonds. The van der Waals surface area contributed by atoms with E-state index < -0.39 is 24.1 Å². The minimum absolute atomic E-state index is 0.0957. The van der Waals surface area contributed by atoms with Gasteiger partial charge in [0.05, 0.1) is 22.8 Å². The van der Waals surface area contributed by atoms with E-state index in [-0.39, 0.29) is 16.4 Å². The zero-order valence-corrected chi connectivity index (χ0v) is 13.0. The molecule has 1 fully saturated rings. The van der Waals surface area contributed by atoms with Gasteiger partial charge in [0.25, 0.3) is 0 Å². The average molecular weight is 302 g/mol. The Bertz CT molecular complexity index is 509. The SMILES string of the molecule is CCOc1ncc(Cl)c(B2OC(C)(C)C(C)(C)O2)c1F. The fraction of sp³-hybridized carbons (Fsp3) is 0.615. The van der Waals surface area contributed by atoms with E-state index in [1.165, 1.54) is 6.20 Å². The van der Waals surface area contributed by atoms with E-state index in [2.05, 4.69) is 4.98 Å². The highest BCUT2D eigenvalue weighted by Gasteiger charge is 2.53. The van der Waals surface area contributed by atoms with Crippen molar-refractivity contribution in [2.75, 3.05) is 6.61 Å². The molecule has 1 aliphatic rings. The van der Waals surface area contributed by atoms with Gasteiger partial charge in [-0.2, -0.15) is 0 Å². The smallest absolute Gasteiger partial charge is 0.476 e. The third-order valence-electron chi connectivity index (χ3n) is 3.75. The first-order valence-corrected chi connectivity index (χ1v) is 6.89. The number of pyridine rings is 1. The normalized spacial score (nSPS) is 20.2. The first-order chi connectivity index (χ1) is 9.19. The number of ether oxygens (including phenoxy) is 1. The van der Waals surface area contributed by atoms with Crippen molar-refractivity contribution in [3.05, 3.63) is 17.0 Å². The van der Waals surface area contributed by atoms with Crippen molar-refractivity contribution in [3.8, 4) is 5.88 Å². The van der Waals surface area contributed by atoms with E-state index in [0.717, 1.165) is 0 Å². The molecule has 0 saturated carbocycles. The zero-order chi connectivity index (χ0) is 15.1. The molecule has 0 radical (unpaired) electrons. The van der Waals surface area contributed by atoms with Crippen LogP contribution in [0.1, 0.15) is 34.6 Å². The molecule has 0 bridgehead atoms. The molecular formula is C13H18BClFNO3. The molecule has 1 aromatic heterocycles.